The summed E-state index contributed by atoms with van der Waals surface area (Å²) in [6.07, 6.45) is 0.695. The van der Waals surface area contributed by atoms with E-state index in [4.69, 9.17) is 0 Å². The van der Waals surface area contributed by atoms with Crippen LogP contribution in [-0.2, 0) is 22.6 Å². The van der Waals surface area contributed by atoms with Crippen molar-refractivity contribution in [2.45, 2.75) is 23.9 Å². The number of fused-ring (bicyclic) bond motifs is 2. The van der Waals surface area contributed by atoms with Gasteiger partial charge >= 0.3 is 6.18 Å². The highest BCUT2D eigenvalue weighted by Crippen LogP contribution is 2.47. The Morgan fingerprint density at radius 1 is 1.05 bits per heavy atom. The first-order valence-corrected chi connectivity index (χ1v) is 14.5. The average molecular weight is 589 g/mol. The first-order chi connectivity index (χ1) is 19.0. The Kier molecular flexibility index (Phi) is 6.28. The van der Waals surface area contributed by atoms with E-state index < -0.39 is 33.0 Å². The van der Waals surface area contributed by atoms with Gasteiger partial charge in [0.1, 0.15) is 5.82 Å². The molecule has 4 aromatic rings. The van der Waals surface area contributed by atoms with Crippen LogP contribution in [0.25, 0.3) is 11.8 Å². The first-order valence-electron chi connectivity index (χ1n) is 12.1. The lowest BCUT2D eigenvalue weighted by Gasteiger charge is -2.44. The molecule has 3 heterocycles. The van der Waals surface area contributed by atoms with E-state index in [-0.39, 0.29) is 41.6 Å². The Morgan fingerprint density at radius 2 is 1.77 bits per heavy atom. The molecule has 1 fully saturated rings. The number of halogens is 4. The number of hydrogen-bond acceptors (Lipinski definition) is 6. The van der Waals surface area contributed by atoms with Gasteiger partial charge in [0.15, 0.2) is 5.01 Å². The zero-order valence-electron chi connectivity index (χ0n) is 20.6. The Labute approximate surface area is 230 Å². The summed E-state index contributed by atoms with van der Waals surface area (Å²) >= 11 is 1.15. The third kappa shape index (κ3) is 4.38. The third-order valence-corrected chi connectivity index (χ3v) is 9.96. The standard InChI is InChI=1S/C27H20F4N4O3S2/c28-20-3-5-21(6-4-20)35-23-13-19-9-11-34(40(37,38)22-7-1-18(2-8-22)27(29,30)31)16-26(19,14-17(23)15-33-35)24(36)25-32-10-12-39-25/h1-8,10,12-13,15H,9,11,14,16H2/t26-/m0/s1. The molecule has 0 saturated carbocycles. The number of carbonyl (C=O) groups excluding carboxylic acids is 1. The number of rotatable bonds is 5. The lowest BCUT2D eigenvalue weighted by Crippen LogP contribution is -2.53. The van der Waals surface area contributed by atoms with E-state index in [0.29, 0.717) is 22.5 Å². The molecule has 0 unspecified atom stereocenters. The molecular formula is C27H20F4N4O3S2. The minimum absolute atomic E-state index is 0.0299. The van der Waals surface area contributed by atoms with Gasteiger partial charge in [-0.2, -0.15) is 22.6 Å². The largest absolute Gasteiger partial charge is 0.416 e. The Morgan fingerprint density at radius 3 is 2.42 bits per heavy atom. The molecule has 1 atom stereocenters. The van der Waals surface area contributed by atoms with E-state index in [1.54, 1.807) is 28.4 Å². The summed E-state index contributed by atoms with van der Waals surface area (Å²) in [6, 6.07) is 9.15. The molecule has 13 heteroatoms. The van der Waals surface area contributed by atoms with E-state index in [9.17, 15) is 30.8 Å². The van der Waals surface area contributed by atoms with Crippen molar-refractivity contribution in [3.8, 4) is 5.69 Å². The highest BCUT2D eigenvalue weighted by Gasteiger charge is 2.51. The van der Waals surface area contributed by atoms with Gasteiger partial charge in [0.2, 0.25) is 15.8 Å². The lowest BCUT2D eigenvalue weighted by atomic mass is 9.66. The van der Waals surface area contributed by atoms with Crippen molar-refractivity contribution in [3.05, 3.63) is 99.5 Å². The topological polar surface area (TPSA) is 85.2 Å². The summed E-state index contributed by atoms with van der Waals surface area (Å²) in [4.78, 5) is 17.9. The van der Waals surface area contributed by atoms with Crippen molar-refractivity contribution in [1.29, 1.82) is 0 Å². The highest BCUT2D eigenvalue weighted by atomic mass is 32.2. The van der Waals surface area contributed by atoms with E-state index in [0.717, 1.165) is 39.9 Å². The van der Waals surface area contributed by atoms with Gasteiger partial charge in [0.05, 0.1) is 33.5 Å². The van der Waals surface area contributed by atoms with Crippen molar-refractivity contribution >= 4 is 33.2 Å². The maximum Gasteiger partial charge on any atom is 0.416 e. The zero-order valence-corrected chi connectivity index (χ0v) is 22.2. The Hall–Kier alpha value is -3.68. The third-order valence-electron chi connectivity index (χ3n) is 7.33. The van der Waals surface area contributed by atoms with E-state index in [2.05, 4.69) is 10.1 Å². The molecule has 0 N–H and O–H groups in total. The molecule has 0 spiro atoms. The minimum Gasteiger partial charge on any atom is -0.290 e. The summed E-state index contributed by atoms with van der Waals surface area (Å²) in [5.41, 5.74) is 0.515. The number of piperidine rings is 1. The summed E-state index contributed by atoms with van der Waals surface area (Å²) in [5.74, 6) is -0.723. The first kappa shape index (κ1) is 26.5. The number of alkyl halides is 3. The molecule has 0 bridgehead atoms. The number of Topliss-reactive ketones (excluding diaryl/α,β-unsaturated/α-hetero) is 1. The molecule has 1 saturated heterocycles. The highest BCUT2D eigenvalue weighted by molar-refractivity contribution is 7.89. The van der Waals surface area contributed by atoms with Gasteiger partial charge in [-0.3, -0.25) is 4.79 Å². The van der Waals surface area contributed by atoms with Gasteiger partial charge in [-0.05, 0) is 73.0 Å². The van der Waals surface area contributed by atoms with Crippen LogP contribution in [0.1, 0.15) is 33.0 Å². The SMILES string of the molecule is O=C(c1nccs1)[C@]12Cc3cnn(-c4ccc(F)cc4)c3C=C1CCN(S(=O)(=O)c1ccc(C(F)(F)F)cc1)C2. The molecule has 206 valence electrons. The molecule has 2 aromatic heterocycles. The van der Waals surface area contributed by atoms with Gasteiger partial charge in [-0.15, -0.1) is 11.3 Å². The monoisotopic (exact) mass is 588 g/mol. The molecule has 2 aromatic carbocycles. The van der Waals surface area contributed by atoms with Gasteiger partial charge in [0.25, 0.3) is 0 Å². The number of hydrogen-bond donors (Lipinski definition) is 0. The molecule has 0 radical (unpaired) electrons. The van der Waals surface area contributed by atoms with Crippen molar-refractivity contribution in [1.82, 2.24) is 19.1 Å². The van der Waals surface area contributed by atoms with Gasteiger partial charge in [0, 0.05) is 24.7 Å². The van der Waals surface area contributed by atoms with Crippen LogP contribution in [0.5, 0.6) is 0 Å². The number of ketones is 1. The van der Waals surface area contributed by atoms with E-state index >= 15 is 0 Å². The second-order valence-corrected chi connectivity index (χ2v) is 12.5. The Balaban J connectivity index is 1.40. The van der Waals surface area contributed by atoms with Crippen LogP contribution < -0.4 is 0 Å². The van der Waals surface area contributed by atoms with Crippen molar-refractivity contribution in [3.63, 3.8) is 0 Å². The summed E-state index contributed by atoms with van der Waals surface area (Å²) in [5, 5.41) is 6.34. The fourth-order valence-corrected chi connectivity index (χ4v) is 7.49. The average Bonchev–Trinajstić information content (AvgIpc) is 3.61. The predicted molar refractivity (Wildman–Crippen MR) is 139 cm³/mol. The number of sulfonamides is 1. The molecule has 6 rings (SSSR count). The second kappa shape index (κ2) is 9.46. The molecule has 0 amide bonds. The van der Waals surface area contributed by atoms with E-state index in [1.807, 2.05) is 6.08 Å². The van der Waals surface area contributed by atoms with Gasteiger partial charge in [-0.25, -0.2) is 22.5 Å². The molecular weight excluding hydrogens is 568 g/mol. The molecule has 40 heavy (non-hydrogen) atoms. The molecule has 7 nitrogen and oxygen atoms in total. The fraction of sp³-hybridized carbons (Fsp3) is 0.222. The van der Waals surface area contributed by atoms with Gasteiger partial charge in [-0.1, -0.05) is 5.57 Å². The maximum atomic E-state index is 14.0. The Bertz CT molecular complexity index is 1730. The number of aromatic nitrogens is 3. The van der Waals surface area contributed by atoms with E-state index in [1.165, 1.54) is 18.3 Å². The number of carbonyl (C=O) groups is 1. The smallest absolute Gasteiger partial charge is 0.290 e. The van der Waals surface area contributed by atoms with Crippen molar-refractivity contribution in [2.75, 3.05) is 13.1 Å². The number of nitrogens with zero attached hydrogens (tertiary/aromatic N) is 4. The van der Waals surface area contributed by atoms with Crippen molar-refractivity contribution < 1.29 is 30.8 Å². The molecule has 1 aliphatic carbocycles. The van der Waals surface area contributed by atoms with Crippen LogP contribution in [-0.4, -0.2) is 46.4 Å². The van der Waals surface area contributed by atoms with Crippen LogP contribution in [0.3, 0.4) is 0 Å². The zero-order chi connectivity index (χ0) is 28.3. The predicted octanol–water partition coefficient (Wildman–Crippen LogP) is 5.39. The van der Waals surface area contributed by atoms with Crippen LogP contribution in [0.15, 0.2) is 76.8 Å². The summed E-state index contributed by atoms with van der Waals surface area (Å²) in [6.45, 7) is -0.177. The van der Waals surface area contributed by atoms with Crippen LogP contribution in [0.2, 0.25) is 0 Å². The fourth-order valence-electron chi connectivity index (χ4n) is 5.31. The maximum absolute atomic E-state index is 14.0. The van der Waals surface area contributed by atoms with Gasteiger partial charge < -0.3 is 0 Å². The van der Waals surface area contributed by atoms with Crippen LogP contribution >= 0.6 is 11.3 Å². The normalized spacial score (nSPS) is 19.6. The number of benzene rings is 2. The van der Waals surface area contributed by atoms with Crippen molar-refractivity contribution in [2.24, 2.45) is 5.41 Å². The quantitative estimate of drug-likeness (QED) is 0.231. The number of thiazole rings is 1. The van der Waals surface area contributed by atoms with Crippen LogP contribution in [0, 0.1) is 11.2 Å². The summed E-state index contributed by atoms with van der Waals surface area (Å²) < 4.78 is 82.6. The summed E-state index contributed by atoms with van der Waals surface area (Å²) in [7, 11) is -4.22. The minimum atomic E-state index is -4.60. The molecule has 1 aliphatic heterocycles. The molecule has 2 aliphatic rings. The van der Waals surface area contributed by atoms with Crippen LogP contribution in [0.4, 0.5) is 17.6 Å². The lowest BCUT2D eigenvalue weighted by molar-refractivity contribution is -0.137. The second-order valence-electron chi connectivity index (χ2n) is 9.65.